The number of thiazole rings is 1. The van der Waals surface area contributed by atoms with Gasteiger partial charge in [-0.25, -0.2) is 4.98 Å². The van der Waals surface area contributed by atoms with Crippen LogP contribution < -0.4 is 15.9 Å². The predicted octanol–water partition coefficient (Wildman–Crippen LogP) is 2.95. The van der Waals surface area contributed by atoms with Crippen molar-refractivity contribution in [1.29, 1.82) is 0 Å². The molecule has 2 rings (SSSR count). The summed E-state index contributed by atoms with van der Waals surface area (Å²) in [7, 11) is 0. The second-order valence-electron chi connectivity index (χ2n) is 4.89. The Labute approximate surface area is 152 Å². The van der Waals surface area contributed by atoms with Crippen molar-refractivity contribution in [3.05, 3.63) is 40.7 Å². The molecule has 1 aromatic carbocycles. The highest BCUT2D eigenvalue weighted by molar-refractivity contribution is 8.00. The number of benzene rings is 1. The quantitative estimate of drug-likeness (QED) is 0.498. The highest BCUT2D eigenvalue weighted by atomic mass is 32.2. The van der Waals surface area contributed by atoms with Crippen molar-refractivity contribution in [1.82, 2.24) is 10.3 Å². The van der Waals surface area contributed by atoms with Gasteiger partial charge in [0.2, 0.25) is 0 Å². The maximum Gasteiger partial charge on any atom is 0.273 e. The fraction of sp³-hybridized carbons (Fsp3) is 0.267. The SMILES string of the molecule is CCCNC(=O)c1nc(SC)sc1NC(=O)c1ccc(N([O-])O)cc1. The molecule has 1 aromatic heterocycles. The van der Waals surface area contributed by atoms with Gasteiger partial charge in [0.05, 0.1) is 5.69 Å². The Kier molecular flexibility index (Phi) is 6.76. The van der Waals surface area contributed by atoms with Crippen LogP contribution in [0.25, 0.3) is 0 Å². The molecule has 0 aliphatic carbocycles. The van der Waals surface area contributed by atoms with Gasteiger partial charge in [0, 0.05) is 12.1 Å². The van der Waals surface area contributed by atoms with Crippen molar-refractivity contribution in [2.24, 2.45) is 0 Å². The van der Waals surface area contributed by atoms with E-state index in [4.69, 9.17) is 5.21 Å². The summed E-state index contributed by atoms with van der Waals surface area (Å²) in [6.07, 6.45) is 2.63. The van der Waals surface area contributed by atoms with E-state index in [0.29, 0.717) is 15.9 Å². The highest BCUT2D eigenvalue weighted by Crippen LogP contribution is 2.31. The van der Waals surface area contributed by atoms with Gasteiger partial charge in [0.1, 0.15) is 5.00 Å². The minimum Gasteiger partial charge on any atom is -0.733 e. The number of hydrogen-bond donors (Lipinski definition) is 3. The average Bonchev–Trinajstić information content (AvgIpc) is 3.02. The third kappa shape index (κ3) is 4.92. The number of amides is 2. The van der Waals surface area contributed by atoms with Crippen LogP contribution in [0.1, 0.15) is 34.2 Å². The number of carbonyl (C=O) groups is 2. The minimum absolute atomic E-state index is 0.0126. The largest absolute Gasteiger partial charge is 0.733 e. The summed E-state index contributed by atoms with van der Waals surface area (Å²) in [5.41, 5.74) is 0.470. The Morgan fingerprint density at radius 2 is 2.00 bits per heavy atom. The topological polar surface area (TPSA) is 118 Å². The first-order chi connectivity index (χ1) is 12.0. The first-order valence-electron chi connectivity index (χ1n) is 7.36. The van der Waals surface area contributed by atoms with Crippen molar-refractivity contribution in [3.8, 4) is 0 Å². The van der Waals surface area contributed by atoms with Crippen molar-refractivity contribution in [3.63, 3.8) is 0 Å². The maximum atomic E-state index is 12.4. The monoisotopic (exact) mass is 381 g/mol. The van der Waals surface area contributed by atoms with E-state index in [1.165, 1.54) is 47.4 Å². The number of thioether (sulfide) groups is 1. The third-order valence-electron chi connectivity index (χ3n) is 3.11. The van der Waals surface area contributed by atoms with Crippen molar-refractivity contribution in [2.75, 3.05) is 23.3 Å². The van der Waals surface area contributed by atoms with Gasteiger partial charge in [-0.2, -0.15) is 0 Å². The molecule has 2 aromatic rings. The summed E-state index contributed by atoms with van der Waals surface area (Å²) < 4.78 is 0.662. The fourth-order valence-corrected chi connectivity index (χ4v) is 3.32. The van der Waals surface area contributed by atoms with Crippen molar-refractivity contribution < 1.29 is 14.8 Å². The lowest BCUT2D eigenvalue weighted by molar-refractivity contribution is 0.0950. The molecule has 0 bridgehead atoms. The molecule has 0 saturated heterocycles. The molecule has 8 nitrogen and oxygen atoms in total. The Balaban J connectivity index is 2.19. The smallest absolute Gasteiger partial charge is 0.273 e. The minimum atomic E-state index is -0.442. The summed E-state index contributed by atoms with van der Waals surface area (Å²) in [4.78, 5) is 28.8. The van der Waals surface area contributed by atoms with Gasteiger partial charge in [-0.3, -0.25) is 14.8 Å². The van der Waals surface area contributed by atoms with Crippen LogP contribution in [-0.4, -0.2) is 34.8 Å². The molecule has 2 amide bonds. The number of nitrogens with one attached hydrogen (secondary N) is 2. The van der Waals surface area contributed by atoms with Crippen LogP contribution in [0.2, 0.25) is 0 Å². The van der Waals surface area contributed by atoms with E-state index >= 15 is 0 Å². The van der Waals surface area contributed by atoms with E-state index in [1.54, 1.807) is 0 Å². The van der Waals surface area contributed by atoms with E-state index in [0.717, 1.165) is 6.42 Å². The standard InChI is InChI=1S/C15H17N4O4S2/c1-3-8-16-13(21)11-14(25-15(17-11)24-2)18-12(20)9-4-6-10(7-5-9)19(22)23/h4-7,22H,3,8H2,1-2H3,(H,16,21)(H,18,20)/q-1. The molecule has 0 fully saturated rings. The van der Waals surface area contributed by atoms with E-state index < -0.39 is 5.91 Å². The summed E-state index contributed by atoms with van der Waals surface area (Å²) in [5, 5.41) is 25.1. The zero-order chi connectivity index (χ0) is 18.4. The summed E-state index contributed by atoms with van der Waals surface area (Å²) in [6.45, 7) is 2.46. The second-order valence-corrected chi connectivity index (χ2v) is 6.94. The van der Waals surface area contributed by atoms with Gasteiger partial charge in [-0.1, -0.05) is 30.0 Å². The van der Waals surface area contributed by atoms with Gasteiger partial charge < -0.3 is 21.1 Å². The van der Waals surface area contributed by atoms with Crippen LogP contribution in [-0.2, 0) is 0 Å². The number of hydrogen-bond acceptors (Lipinski definition) is 8. The van der Waals surface area contributed by atoms with Crippen molar-refractivity contribution >= 4 is 45.6 Å². The molecular weight excluding hydrogens is 364 g/mol. The molecule has 0 spiro atoms. The number of anilines is 2. The zero-order valence-electron chi connectivity index (χ0n) is 13.6. The van der Waals surface area contributed by atoms with E-state index in [-0.39, 0.29) is 28.1 Å². The second kappa shape index (κ2) is 8.81. The molecular formula is C15H17N4O4S2-. The molecule has 0 atom stereocenters. The molecule has 0 radical (unpaired) electrons. The first kappa shape index (κ1) is 19.2. The van der Waals surface area contributed by atoms with Gasteiger partial charge in [-0.05, 0) is 36.9 Å². The number of carbonyl (C=O) groups excluding carboxylic acids is 2. The number of aromatic nitrogens is 1. The molecule has 0 unspecified atom stereocenters. The molecule has 25 heavy (non-hydrogen) atoms. The molecule has 1 heterocycles. The number of rotatable bonds is 7. The Hall–Kier alpha value is -2.14. The lowest BCUT2D eigenvalue weighted by Gasteiger charge is -2.21. The lowest BCUT2D eigenvalue weighted by atomic mass is 10.2. The van der Waals surface area contributed by atoms with Crippen LogP contribution in [0.3, 0.4) is 0 Å². The van der Waals surface area contributed by atoms with E-state index in [1.807, 2.05) is 13.2 Å². The van der Waals surface area contributed by atoms with Crippen molar-refractivity contribution in [2.45, 2.75) is 17.7 Å². The highest BCUT2D eigenvalue weighted by Gasteiger charge is 2.20. The first-order valence-corrected chi connectivity index (χ1v) is 9.41. The van der Waals surface area contributed by atoms with Crippen LogP contribution >= 0.6 is 23.1 Å². The van der Waals surface area contributed by atoms with E-state index in [9.17, 15) is 14.8 Å². The lowest BCUT2D eigenvalue weighted by Crippen LogP contribution is -2.25. The van der Waals surface area contributed by atoms with Gasteiger partial charge in [0.25, 0.3) is 11.8 Å². The Bertz CT molecular complexity index is 746. The molecule has 3 N–H and O–H groups in total. The summed E-state index contributed by atoms with van der Waals surface area (Å²) in [5.74, 6) is -0.783. The number of nitrogens with zero attached hydrogens (tertiary/aromatic N) is 2. The molecule has 134 valence electrons. The van der Waals surface area contributed by atoms with Crippen LogP contribution in [0, 0.1) is 5.21 Å². The van der Waals surface area contributed by atoms with Gasteiger partial charge in [-0.15, -0.1) is 0 Å². The molecule has 0 aliphatic heterocycles. The zero-order valence-corrected chi connectivity index (χ0v) is 15.2. The third-order valence-corrected chi connectivity index (χ3v) is 5.07. The van der Waals surface area contributed by atoms with Gasteiger partial charge in [0.15, 0.2) is 10.0 Å². The predicted molar refractivity (Wildman–Crippen MR) is 98.5 cm³/mol. The maximum absolute atomic E-state index is 12.4. The average molecular weight is 381 g/mol. The van der Waals surface area contributed by atoms with Crippen LogP contribution in [0.4, 0.5) is 10.7 Å². The normalized spacial score (nSPS) is 10.4. The van der Waals surface area contributed by atoms with E-state index in [2.05, 4.69) is 15.6 Å². The van der Waals surface area contributed by atoms with Crippen LogP contribution in [0.5, 0.6) is 0 Å². The Morgan fingerprint density at radius 3 is 2.56 bits per heavy atom. The van der Waals surface area contributed by atoms with Gasteiger partial charge >= 0.3 is 0 Å². The molecule has 0 saturated carbocycles. The molecule has 0 aliphatic rings. The fourth-order valence-electron chi connectivity index (χ4n) is 1.86. The Morgan fingerprint density at radius 1 is 1.32 bits per heavy atom. The summed E-state index contributed by atoms with van der Waals surface area (Å²) in [6, 6.07) is 5.44. The molecule has 10 heteroatoms. The van der Waals surface area contributed by atoms with Crippen LogP contribution in [0.15, 0.2) is 28.6 Å². The summed E-state index contributed by atoms with van der Waals surface area (Å²) >= 11 is 2.59.